The van der Waals surface area contributed by atoms with Crippen LogP contribution in [0.25, 0.3) is 0 Å². The van der Waals surface area contributed by atoms with Gasteiger partial charge in [0.05, 0.1) is 5.92 Å². The lowest BCUT2D eigenvalue weighted by Crippen LogP contribution is -2.32. The van der Waals surface area contributed by atoms with Gasteiger partial charge >= 0.3 is 5.97 Å². The van der Waals surface area contributed by atoms with Gasteiger partial charge in [0, 0.05) is 18.8 Å². The first-order valence-electron chi connectivity index (χ1n) is 7.34. The molecule has 3 nitrogen and oxygen atoms in total. The minimum absolute atomic E-state index is 0.141. The van der Waals surface area contributed by atoms with E-state index in [2.05, 4.69) is 56.9 Å². The van der Waals surface area contributed by atoms with E-state index in [1.54, 1.807) is 6.92 Å². The van der Waals surface area contributed by atoms with Crippen LogP contribution in [0.1, 0.15) is 46.6 Å². The van der Waals surface area contributed by atoms with Gasteiger partial charge < -0.3 is 10.0 Å². The number of aliphatic carboxylic acids is 1. The third kappa shape index (κ3) is 4.55. The average molecular weight is 277 g/mol. The highest BCUT2D eigenvalue weighted by Crippen LogP contribution is 2.25. The maximum atomic E-state index is 11.0. The predicted octanol–water partition coefficient (Wildman–Crippen LogP) is 3.92. The van der Waals surface area contributed by atoms with E-state index in [4.69, 9.17) is 5.11 Å². The van der Waals surface area contributed by atoms with Gasteiger partial charge in [0.2, 0.25) is 0 Å². The smallest absolute Gasteiger partial charge is 0.308 e. The molecule has 0 saturated heterocycles. The highest BCUT2D eigenvalue weighted by molar-refractivity contribution is 5.70. The quantitative estimate of drug-likeness (QED) is 0.856. The number of carboxylic acid groups (broad SMARTS) is 1. The Bertz CT molecular complexity index is 431. The van der Waals surface area contributed by atoms with Crippen molar-refractivity contribution in [3.05, 3.63) is 29.8 Å². The van der Waals surface area contributed by atoms with Gasteiger partial charge in [-0.15, -0.1) is 0 Å². The standard InChI is InChI=1S/C17H27NO2/c1-6-11-18(12-13(2)16(19)20)15-9-7-14(8-10-15)17(3,4)5/h7-10,13H,6,11-12H2,1-5H3,(H,19,20). The number of nitrogens with zero attached hydrogens (tertiary/aromatic N) is 1. The summed E-state index contributed by atoms with van der Waals surface area (Å²) in [5.74, 6) is -1.10. The molecule has 0 heterocycles. The van der Waals surface area contributed by atoms with Crippen molar-refractivity contribution in [3.8, 4) is 0 Å². The van der Waals surface area contributed by atoms with Crippen LogP contribution in [0.2, 0.25) is 0 Å². The molecule has 1 N–H and O–H groups in total. The van der Waals surface area contributed by atoms with E-state index >= 15 is 0 Å². The van der Waals surface area contributed by atoms with Gasteiger partial charge in [-0.3, -0.25) is 4.79 Å². The Morgan fingerprint density at radius 1 is 1.25 bits per heavy atom. The summed E-state index contributed by atoms with van der Waals surface area (Å²) in [7, 11) is 0. The summed E-state index contributed by atoms with van der Waals surface area (Å²) >= 11 is 0. The number of hydrogen-bond acceptors (Lipinski definition) is 2. The molecule has 20 heavy (non-hydrogen) atoms. The summed E-state index contributed by atoms with van der Waals surface area (Å²) in [5, 5.41) is 9.07. The van der Waals surface area contributed by atoms with E-state index in [9.17, 15) is 4.79 Å². The lowest BCUT2D eigenvalue weighted by Gasteiger charge is -2.27. The molecular weight excluding hydrogens is 250 g/mol. The molecule has 3 heteroatoms. The molecule has 0 bridgehead atoms. The highest BCUT2D eigenvalue weighted by Gasteiger charge is 2.17. The summed E-state index contributed by atoms with van der Waals surface area (Å²) in [6, 6.07) is 8.49. The van der Waals surface area contributed by atoms with Crippen molar-refractivity contribution in [2.45, 2.75) is 46.5 Å². The van der Waals surface area contributed by atoms with Crippen molar-refractivity contribution in [2.24, 2.45) is 5.92 Å². The fraction of sp³-hybridized carbons (Fsp3) is 0.588. The van der Waals surface area contributed by atoms with Crippen LogP contribution in [0.4, 0.5) is 5.69 Å². The lowest BCUT2D eigenvalue weighted by molar-refractivity contribution is -0.140. The largest absolute Gasteiger partial charge is 0.481 e. The Kier molecular flexibility index (Phi) is 5.61. The average Bonchev–Trinajstić information content (AvgIpc) is 2.37. The fourth-order valence-corrected chi connectivity index (χ4v) is 2.18. The van der Waals surface area contributed by atoms with Gasteiger partial charge in [0.1, 0.15) is 0 Å². The Morgan fingerprint density at radius 2 is 1.80 bits per heavy atom. The summed E-state index contributed by atoms with van der Waals surface area (Å²) in [6.07, 6.45) is 1.01. The van der Waals surface area contributed by atoms with Crippen molar-refractivity contribution >= 4 is 11.7 Å². The molecule has 0 aliphatic rings. The zero-order valence-electron chi connectivity index (χ0n) is 13.3. The number of rotatable bonds is 6. The van der Waals surface area contributed by atoms with Crippen LogP contribution in [0.5, 0.6) is 0 Å². The number of anilines is 1. The lowest BCUT2D eigenvalue weighted by atomic mass is 9.87. The van der Waals surface area contributed by atoms with Gasteiger partial charge in [0.15, 0.2) is 0 Å². The van der Waals surface area contributed by atoms with E-state index in [-0.39, 0.29) is 11.3 Å². The molecule has 1 rings (SSSR count). The van der Waals surface area contributed by atoms with Crippen LogP contribution in [-0.4, -0.2) is 24.2 Å². The van der Waals surface area contributed by atoms with Crippen LogP contribution in [0, 0.1) is 5.92 Å². The minimum atomic E-state index is -0.739. The molecule has 112 valence electrons. The minimum Gasteiger partial charge on any atom is -0.481 e. The highest BCUT2D eigenvalue weighted by atomic mass is 16.4. The molecule has 1 aromatic rings. The van der Waals surface area contributed by atoms with Gasteiger partial charge in [-0.1, -0.05) is 46.8 Å². The number of carbonyl (C=O) groups is 1. The van der Waals surface area contributed by atoms with Crippen LogP contribution < -0.4 is 4.90 Å². The van der Waals surface area contributed by atoms with E-state index in [0.29, 0.717) is 6.54 Å². The third-order valence-electron chi connectivity index (χ3n) is 3.51. The second-order valence-corrected chi connectivity index (χ2v) is 6.48. The van der Waals surface area contributed by atoms with Crippen molar-refractivity contribution in [3.63, 3.8) is 0 Å². The molecule has 0 aromatic heterocycles. The van der Waals surface area contributed by atoms with Crippen LogP contribution in [0.15, 0.2) is 24.3 Å². The summed E-state index contributed by atoms with van der Waals surface area (Å²) in [6.45, 7) is 11.9. The molecule has 0 radical (unpaired) electrons. The monoisotopic (exact) mass is 277 g/mol. The van der Waals surface area contributed by atoms with E-state index in [1.807, 2.05) is 0 Å². The summed E-state index contributed by atoms with van der Waals surface area (Å²) in [5.41, 5.74) is 2.54. The van der Waals surface area contributed by atoms with Gasteiger partial charge in [-0.25, -0.2) is 0 Å². The normalized spacial score (nSPS) is 13.1. The third-order valence-corrected chi connectivity index (χ3v) is 3.51. The van der Waals surface area contributed by atoms with Crippen LogP contribution in [-0.2, 0) is 10.2 Å². The predicted molar refractivity (Wildman–Crippen MR) is 84.4 cm³/mol. The topological polar surface area (TPSA) is 40.5 Å². The first-order valence-corrected chi connectivity index (χ1v) is 7.34. The Morgan fingerprint density at radius 3 is 2.20 bits per heavy atom. The molecule has 0 fully saturated rings. The van der Waals surface area contributed by atoms with Crippen molar-refractivity contribution in [2.75, 3.05) is 18.0 Å². The molecule has 0 aliphatic carbocycles. The second-order valence-electron chi connectivity index (χ2n) is 6.48. The number of benzene rings is 1. The van der Waals surface area contributed by atoms with Crippen LogP contribution >= 0.6 is 0 Å². The molecule has 0 aliphatic heterocycles. The van der Waals surface area contributed by atoms with E-state index < -0.39 is 5.97 Å². The Balaban J connectivity index is 2.89. The second kappa shape index (κ2) is 6.78. The molecule has 1 atom stereocenters. The van der Waals surface area contributed by atoms with Gasteiger partial charge in [-0.2, -0.15) is 0 Å². The zero-order chi connectivity index (χ0) is 15.3. The zero-order valence-corrected chi connectivity index (χ0v) is 13.3. The summed E-state index contributed by atoms with van der Waals surface area (Å²) < 4.78 is 0. The SMILES string of the molecule is CCCN(CC(C)C(=O)O)c1ccc(C(C)(C)C)cc1. The fourth-order valence-electron chi connectivity index (χ4n) is 2.18. The molecule has 0 saturated carbocycles. The Hall–Kier alpha value is -1.51. The molecular formula is C17H27NO2. The first kappa shape index (κ1) is 16.5. The van der Waals surface area contributed by atoms with Crippen molar-refractivity contribution < 1.29 is 9.90 Å². The van der Waals surface area contributed by atoms with Crippen LogP contribution in [0.3, 0.4) is 0 Å². The molecule has 0 spiro atoms. The van der Waals surface area contributed by atoms with Crippen molar-refractivity contribution in [1.82, 2.24) is 0 Å². The van der Waals surface area contributed by atoms with E-state index in [0.717, 1.165) is 18.7 Å². The maximum absolute atomic E-state index is 11.0. The molecule has 1 aromatic carbocycles. The van der Waals surface area contributed by atoms with Crippen molar-refractivity contribution in [1.29, 1.82) is 0 Å². The Labute approximate surface area is 122 Å². The summed E-state index contributed by atoms with van der Waals surface area (Å²) in [4.78, 5) is 13.2. The first-order chi connectivity index (χ1) is 9.25. The maximum Gasteiger partial charge on any atom is 0.308 e. The van der Waals surface area contributed by atoms with E-state index in [1.165, 1.54) is 5.56 Å². The van der Waals surface area contributed by atoms with Gasteiger partial charge in [0.25, 0.3) is 0 Å². The molecule has 1 unspecified atom stereocenters. The molecule has 0 amide bonds. The van der Waals surface area contributed by atoms with Gasteiger partial charge in [-0.05, 0) is 29.5 Å². The number of carboxylic acids is 1. The number of hydrogen-bond donors (Lipinski definition) is 1.